The fourth-order valence-electron chi connectivity index (χ4n) is 1.80. The van der Waals surface area contributed by atoms with Gasteiger partial charge in [-0.3, -0.25) is 0 Å². The van der Waals surface area contributed by atoms with E-state index in [1.807, 2.05) is 13.8 Å². The summed E-state index contributed by atoms with van der Waals surface area (Å²) in [4.78, 5) is 0. The van der Waals surface area contributed by atoms with Crippen molar-refractivity contribution in [1.29, 1.82) is 0 Å². The first-order valence-electron chi connectivity index (χ1n) is 7.70. The van der Waals surface area contributed by atoms with Crippen LogP contribution in [0.4, 0.5) is 0 Å². The molecule has 0 atom stereocenters. The molecule has 0 saturated carbocycles. The van der Waals surface area contributed by atoms with Gasteiger partial charge in [0.05, 0.1) is 13.2 Å². The maximum absolute atomic E-state index is 5.87. The van der Waals surface area contributed by atoms with Crippen molar-refractivity contribution in [3.8, 4) is 0 Å². The molecule has 0 aliphatic rings. The van der Waals surface area contributed by atoms with Crippen LogP contribution in [0.2, 0.25) is 0 Å². The highest BCUT2D eigenvalue weighted by Gasteiger charge is 2.34. The highest BCUT2D eigenvalue weighted by atomic mass is 16.9. The van der Waals surface area contributed by atoms with Crippen LogP contribution in [-0.4, -0.2) is 25.8 Å². The van der Waals surface area contributed by atoms with Gasteiger partial charge in [-0.15, -0.1) is 0 Å². The Kier molecular flexibility index (Phi) is 11.2. The Morgan fingerprint density at radius 1 is 0.842 bits per heavy atom. The third-order valence-electron chi connectivity index (χ3n) is 2.94. The SMILES string of the molecule is C=C(C)C(OCC)(OCCCCC)OCCCCC. The fourth-order valence-corrected chi connectivity index (χ4v) is 1.80. The smallest absolute Gasteiger partial charge is 0.307 e. The van der Waals surface area contributed by atoms with E-state index in [0.717, 1.165) is 31.3 Å². The molecule has 3 nitrogen and oxygen atoms in total. The Morgan fingerprint density at radius 3 is 1.63 bits per heavy atom. The molecule has 0 aromatic heterocycles. The maximum atomic E-state index is 5.87. The van der Waals surface area contributed by atoms with Gasteiger partial charge in [0.2, 0.25) is 0 Å². The number of hydrogen-bond donors (Lipinski definition) is 0. The van der Waals surface area contributed by atoms with Gasteiger partial charge in [0.1, 0.15) is 0 Å². The van der Waals surface area contributed by atoms with Crippen molar-refractivity contribution >= 4 is 0 Å². The molecule has 0 aliphatic heterocycles. The Bertz CT molecular complexity index is 214. The van der Waals surface area contributed by atoms with Gasteiger partial charge in [-0.1, -0.05) is 46.1 Å². The van der Waals surface area contributed by atoms with Gasteiger partial charge in [0.25, 0.3) is 0 Å². The minimum Gasteiger partial charge on any atom is -0.324 e. The third-order valence-corrected chi connectivity index (χ3v) is 2.94. The van der Waals surface area contributed by atoms with Crippen molar-refractivity contribution < 1.29 is 14.2 Å². The van der Waals surface area contributed by atoms with Crippen LogP contribution >= 0.6 is 0 Å². The van der Waals surface area contributed by atoms with E-state index in [4.69, 9.17) is 14.2 Å². The van der Waals surface area contributed by atoms with E-state index in [0.29, 0.717) is 19.8 Å². The van der Waals surface area contributed by atoms with Crippen LogP contribution in [-0.2, 0) is 14.2 Å². The number of hydrogen-bond acceptors (Lipinski definition) is 3. The average Bonchev–Trinajstić information content (AvgIpc) is 2.39. The van der Waals surface area contributed by atoms with Gasteiger partial charge in [0, 0.05) is 12.2 Å². The van der Waals surface area contributed by atoms with Gasteiger partial charge in [-0.25, -0.2) is 0 Å². The molecular weight excluding hydrogens is 240 g/mol. The second-order valence-corrected chi connectivity index (χ2v) is 4.88. The summed E-state index contributed by atoms with van der Waals surface area (Å²) >= 11 is 0. The summed E-state index contributed by atoms with van der Waals surface area (Å²) in [5.74, 6) is -1.05. The first kappa shape index (κ1) is 18.6. The van der Waals surface area contributed by atoms with Crippen molar-refractivity contribution in [3.63, 3.8) is 0 Å². The van der Waals surface area contributed by atoms with Crippen LogP contribution in [0.3, 0.4) is 0 Å². The highest BCUT2D eigenvalue weighted by molar-refractivity contribution is 4.99. The molecule has 0 N–H and O–H groups in total. The van der Waals surface area contributed by atoms with E-state index in [1.165, 1.54) is 12.8 Å². The van der Waals surface area contributed by atoms with Crippen LogP contribution < -0.4 is 0 Å². The normalized spacial score (nSPS) is 11.8. The Labute approximate surface area is 119 Å². The van der Waals surface area contributed by atoms with Crippen LogP contribution in [0, 0.1) is 0 Å². The minimum atomic E-state index is -1.05. The Hall–Kier alpha value is -0.380. The molecular formula is C16H32O3. The van der Waals surface area contributed by atoms with Gasteiger partial charge in [-0.2, -0.15) is 0 Å². The lowest BCUT2D eigenvalue weighted by Gasteiger charge is -2.33. The van der Waals surface area contributed by atoms with Crippen LogP contribution in [0.5, 0.6) is 0 Å². The molecule has 0 heterocycles. The quantitative estimate of drug-likeness (QED) is 0.277. The largest absolute Gasteiger partial charge is 0.324 e. The fraction of sp³-hybridized carbons (Fsp3) is 0.875. The third kappa shape index (κ3) is 7.71. The minimum absolute atomic E-state index is 0.550. The maximum Gasteiger partial charge on any atom is 0.307 e. The molecule has 0 amide bonds. The van der Waals surface area contributed by atoms with Crippen molar-refractivity contribution in [1.82, 2.24) is 0 Å². The summed E-state index contributed by atoms with van der Waals surface area (Å²) in [6, 6.07) is 0. The first-order chi connectivity index (χ1) is 9.13. The standard InChI is InChI=1S/C16H32O3/c1-6-9-11-13-18-16(15(4)5,17-8-3)19-14-12-10-7-2/h4,6-14H2,1-3,5H3. The monoisotopic (exact) mass is 272 g/mol. The van der Waals surface area contributed by atoms with Crippen molar-refractivity contribution in [2.75, 3.05) is 19.8 Å². The molecule has 0 aromatic carbocycles. The second-order valence-electron chi connectivity index (χ2n) is 4.88. The van der Waals surface area contributed by atoms with Crippen LogP contribution in [0.1, 0.15) is 66.2 Å². The summed E-state index contributed by atoms with van der Waals surface area (Å²) in [5.41, 5.74) is 0.780. The van der Waals surface area contributed by atoms with E-state index in [2.05, 4.69) is 20.4 Å². The van der Waals surface area contributed by atoms with Crippen molar-refractivity contribution in [3.05, 3.63) is 12.2 Å². The van der Waals surface area contributed by atoms with Gasteiger partial charge in [0.15, 0.2) is 0 Å². The molecule has 0 bridgehead atoms. The average molecular weight is 272 g/mol. The number of unbranched alkanes of at least 4 members (excludes halogenated alkanes) is 4. The van der Waals surface area contributed by atoms with E-state index in [1.54, 1.807) is 0 Å². The molecule has 0 saturated heterocycles. The zero-order chi connectivity index (χ0) is 14.6. The molecule has 0 unspecified atom stereocenters. The second kappa shape index (κ2) is 11.4. The summed E-state index contributed by atoms with van der Waals surface area (Å²) < 4.78 is 17.4. The lowest BCUT2D eigenvalue weighted by molar-refractivity contribution is -0.355. The zero-order valence-corrected chi connectivity index (χ0v) is 13.3. The molecule has 3 heteroatoms. The lowest BCUT2D eigenvalue weighted by atomic mass is 10.2. The van der Waals surface area contributed by atoms with Gasteiger partial charge in [-0.05, 0) is 26.7 Å². The molecule has 0 radical (unpaired) electrons. The molecule has 0 rings (SSSR count). The summed E-state index contributed by atoms with van der Waals surface area (Å²) in [7, 11) is 0. The van der Waals surface area contributed by atoms with Crippen molar-refractivity contribution in [2.24, 2.45) is 0 Å². The number of ether oxygens (including phenoxy) is 3. The lowest BCUT2D eigenvalue weighted by Crippen LogP contribution is -2.41. The van der Waals surface area contributed by atoms with Crippen LogP contribution in [0.25, 0.3) is 0 Å². The molecule has 0 aromatic rings. The predicted molar refractivity (Wildman–Crippen MR) is 80.1 cm³/mol. The molecule has 114 valence electrons. The van der Waals surface area contributed by atoms with Crippen LogP contribution in [0.15, 0.2) is 12.2 Å². The number of rotatable bonds is 13. The molecule has 0 spiro atoms. The molecule has 0 aliphatic carbocycles. The van der Waals surface area contributed by atoms with E-state index in [-0.39, 0.29) is 0 Å². The van der Waals surface area contributed by atoms with Gasteiger partial charge >= 0.3 is 5.97 Å². The van der Waals surface area contributed by atoms with Gasteiger partial charge < -0.3 is 14.2 Å². The summed E-state index contributed by atoms with van der Waals surface area (Å²) in [5, 5.41) is 0. The van der Waals surface area contributed by atoms with Crippen molar-refractivity contribution in [2.45, 2.75) is 72.2 Å². The summed E-state index contributed by atoms with van der Waals surface area (Å²) in [6.07, 6.45) is 6.72. The predicted octanol–water partition coefficient (Wildman–Crippen LogP) is 4.67. The Morgan fingerprint density at radius 2 is 1.32 bits per heavy atom. The Balaban J connectivity index is 4.36. The highest BCUT2D eigenvalue weighted by Crippen LogP contribution is 2.25. The zero-order valence-electron chi connectivity index (χ0n) is 13.3. The van der Waals surface area contributed by atoms with E-state index >= 15 is 0 Å². The summed E-state index contributed by atoms with van der Waals surface area (Å²) in [6.45, 7) is 14.0. The molecule has 0 fully saturated rings. The van der Waals surface area contributed by atoms with E-state index in [9.17, 15) is 0 Å². The topological polar surface area (TPSA) is 27.7 Å². The molecule has 19 heavy (non-hydrogen) atoms. The first-order valence-corrected chi connectivity index (χ1v) is 7.70. The van der Waals surface area contributed by atoms with E-state index < -0.39 is 5.97 Å².